The van der Waals surface area contributed by atoms with E-state index < -0.39 is 37.5 Å². The summed E-state index contributed by atoms with van der Waals surface area (Å²) in [5.74, 6) is -2.22. The van der Waals surface area contributed by atoms with Crippen molar-refractivity contribution in [2.24, 2.45) is 0 Å². The Kier molecular flexibility index (Phi) is 11.0. The van der Waals surface area contributed by atoms with Crippen molar-refractivity contribution in [1.82, 2.24) is 0 Å². The van der Waals surface area contributed by atoms with Crippen LogP contribution in [0.25, 0.3) is 0 Å². The van der Waals surface area contributed by atoms with Crippen LogP contribution < -0.4 is 0 Å². The van der Waals surface area contributed by atoms with E-state index in [1.807, 2.05) is 0 Å². The lowest BCUT2D eigenvalue weighted by atomic mass is 10.1. The molecular formula is C17H30O7S2. The molecule has 152 valence electrons. The summed E-state index contributed by atoms with van der Waals surface area (Å²) in [6.45, 7) is 6.07. The van der Waals surface area contributed by atoms with E-state index in [2.05, 4.69) is 13.8 Å². The van der Waals surface area contributed by atoms with Gasteiger partial charge in [0.1, 0.15) is 17.3 Å². The molecule has 1 rings (SSSR count). The maximum atomic E-state index is 10.8. The van der Waals surface area contributed by atoms with Gasteiger partial charge in [-0.1, -0.05) is 58.4 Å². The van der Waals surface area contributed by atoms with Crippen LogP contribution in [0.3, 0.4) is 0 Å². The quantitative estimate of drug-likeness (QED) is 0.416. The van der Waals surface area contributed by atoms with Crippen molar-refractivity contribution in [3.05, 3.63) is 28.8 Å². The number of phenols is 1. The van der Waals surface area contributed by atoms with Gasteiger partial charge in [0.05, 0.1) is 0 Å². The molecule has 1 aromatic carbocycles. The fourth-order valence-electron chi connectivity index (χ4n) is 2.40. The number of hydrogen-bond acceptors (Lipinski definition) is 5. The van der Waals surface area contributed by atoms with Crippen LogP contribution in [0.2, 0.25) is 0 Å². The van der Waals surface area contributed by atoms with Crippen LogP contribution in [0, 0.1) is 6.92 Å². The molecule has 0 saturated heterocycles. The molecule has 0 fully saturated rings. The Morgan fingerprint density at radius 3 is 1.65 bits per heavy atom. The minimum atomic E-state index is -4.43. The first-order chi connectivity index (χ1) is 11.9. The van der Waals surface area contributed by atoms with Gasteiger partial charge in [-0.05, 0) is 24.1 Å². The number of benzene rings is 1. The van der Waals surface area contributed by atoms with Gasteiger partial charge in [-0.2, -0.15) is 16.8 Å². The van der Waals surface area contributed by atoms with Crippen molar-refractivity contribution in [3.8, 4) is 5.75 Å². The van der Waals surface area contributed by atoms with E-state index in [1.165, 1.54) is 50.7 Å². The van der Waals surface area contributed by atoms with Crippen LogP contribution in [-0.2, 0) is 31.7 Å². The normalized spacial score (nSPS) is 11.7. The number of unbranched alkanes of at least 4 members (excludes halogenated alkanes) is 5. The summed E-state index contributed by atoms with van der Waals surface area (Å²) >= 11 is 0. The van der Waals surface area contributed by atoms with Crippen molar-refractivity contribution in [1.29, 1.82) is 0 Å². The van der Waals surface area contributed by atoms with Gasteiger partial charge in [-0.15, -0.1) is 0 Å². The average molecular weight is 411 g/mol. The van der Waals surface area contributed by atoms with Gasteiger partial charge in [-0.3, -0.25) is 9.11 Å². The monoisotopic (exact) mass is 410 g/mol. The van der Waals surface area contributed by atoms with E-state index in [4.69, 9.17) is 9.11 Å². The van der Waals surface area contributed by atoms with Gasteiger partial charge in [0.2, 0.25) is 0 Å². The summed E-state index contributed by atoms with van der Waals surface area (Å²) in [7, 11) is -8.80. The number of aromatic hydroxyl groups is 1. The van der Waals surface area contributed by atoms with Crippen LogP contribution in [0.5, 0.6) is 5.75 Å². The lowest BCUT2D eigenvalue weighted by molar-refractivity contribution is 0.459. The summed E-state index contributed by atoms with van der Waals surface area (Å²) in [6.07, 6.45) is 8.49. The first-order valence-corrected chi connectivity index (χ1v) is 11.8. The molecular weight excluding hydrogens is 380 g/mol. The predicted octanol–water partition coefficient (Wildman–Crippen LogP) is 3.84. The highest BCUT2D eigenvalue weighted by atomic mass is 32.2. The third-order valence-corrected chi connectivity index (χ3v) is 4.91. The highest BCUT2D eigenvalue weighted by Crippen LogP contribution is 2.26. The fourth-order valence-corrected chi connectivity index (χ4v) is 3.75. The van der Waals surface area contributed by atoms with Crippen LogP contribution in [0.1, 0.15) is 69.1 Å². The molecule has 0 saturated carbocycles. The summed E-state index contributed by atoms with van der Waals surface area (Å²) in [5.41, 5.74) is 0.165. The number of phenolic OH excluding ortho intramolecular Hbond substituents is 1. The summed E-state index contributed by atoms with van der Waals surface area (Å²) in [5, 5.41) is 9.58. The lowest BCUT2D eigenvalue weighted by Gasteiger charge is -2.10. The second kappa shape index (κ2) is 11.5. The molecule has 0 amide bonds. The molecule has 0 heterocycles. The molecule has 1 aromatic rings. The molecule has 0 radical (unpaired) electrons. The molecule has 0 aliphatic rings. The zero-order chi connectivity index (χ0) is 20.4. The van der Waals surface area contributed by atoms with E-state index in [0.29, 0.717) is 5.56 Å². The highest BCUT2D eigenvalue weighted by Gasteiger charge is 2.19. The van der Waals surface area contributed by atoms with E-state index in [1.54, 1.807) is 6.92 Å². The minimum absolute atomic E-state index is 0.0763. The maximum absolute atomic E-state index is 10.8. The molecule has 0 aliphatic carbocycles. The second-order valence-corrected chi connectivity index (χ2v) is 9.19. The van der Waals surface area contributed by atoms with Crippen molar-refractivity contribution in [2.45, 2.75) is 70.8 Å². The Bertz CT molecular complexity index is 748. The maximum Gasteiger partial charge on any atom is 0.269 e. The Labute approximate surface area is 157 Å². The molecule has 0 atom stereocenters. The second-order valence-electron chi connectivity index (χ2n) is 6.29. The van der Waals surface area contributed by atoms with Crippen LogP contribution in [-0.4, -0.2) is 31.0 Å². The van der Waals surface area contributed by atoms with Gasteiger partial charge in [0.15, 0.2) is 0 Å². The molecule has 9 heteroatoms. The number of rotatable bonds is 9. The van der Waals surface area contributed by atoms with Crippen LogP contribution >= 0.6 is 0 Å². The predicted molar refractivity (Wildman–Crippen MR) is 102 cm³/mol. The Morgan fingerprint density at radius 1 is 0.808 bits per heavy atom. The molecule has 0 bridgehead atoms. The molecule has 0 spiro atoms. The molecule has 0 aromatic heterocycles. The molecule has 26 heavy (non-hydrogen) atoms. The smallest absolute Gasteiger partial charge is 0.269 e. The average Bonchev–Trinajstić information content (AvgIpc) is 2.45. The van der Waals surface area contributed by atoms with Crippen molar-refractivity contribution in [3.63, 3.8) is 0 Å². The van der Waals surface area contributed by atoms with Crippen LogP contribution in [0.15, 0.2) is 12.1 Å². The third kappa shape index (κ3) is 12.2. The molecule has 0 aliphatic heterocycles. The van der Waals surface area contributed by atoms with Crippen LogP contribution in [0.4, 0.5) is 0 Å². The van der Waals surface area contributed by atoms with Gasteiger partial charge in [0, 0.05) is 5.56 Å². The molecule has 0 unspecified atom stereocenters. The Balaban J connectivity index is 0.000000660. The first kappa shape index (κ1) is 24.8. The largest absolute Gasteiger partial charge is 0.508 e. The SMILES string of the molecule is CCCCCCCC.Cc1cc(O)c(CS(=O)(=O)O)c(CS(=O)(=O)O)c1. The zero-order valence-electron chi connectivity index (χ0n) is 15.6. The Hall–Kier alpha value is -1.16. The van der Waals surface area contributed by atoms with Gasteiger partial charge < -0.3 is 5.11 Å². The summed E-state index contributed by atoms with van der Waals surface area (Å²) < 4.78 is 60.7. The Morgan fingerprint density at radius 2 is 1.27 bits per heavy atom. The standard InChI is InChI=1S/C9H12O7S2.C8H18/c1-6-2-7(4-17(11,12)13)8(9(10)3-6)5-18(14,15)16;1-3-5-7-8-6-4-2/h2-3,10H,4-5H2,1H3,(H,11,12,13)(H,14,15,16);3-8H2,1-2H3. The lowest BCUT2D eigenvalue weighted by Crippen LogP contribution is -2.09. The van der Waals surface area contributed by atoms with E-state index in [-0.39, 0.29) is 11.1 Å². The van der Waals surface area contributed by atoms with Crippen molar-refractivity contribution >= 4 is 20.2 Å². The number of hydrogen-bond donors (Lipinski definition) is 3. The minimum Gasteiger partial charge on any atom is -0.508 e. The zero-order valence-corrected chi connectivity index (χ0v) is 17.2. The van der Waals surface area contributed by atoms with E-state index in [0.717, 1.165) is 0 Å². The van der Waals surface area contributed by atoms with Crippen molar-refractivity contribution < 1.29 is 31.0 Å². The van der Waals surface area contributed by atoms with Crippen molar-refractivity contribution in [2.75, 3.05) is 0 Å². The third-order valence-electron chi connectivity index (χ3n) is 3.58. The van der Waals surface area contributed by atoms with Gasteiger partial charge in [-0.25, -0.2) is 0 Å². The van der Waals surface area contributed by atoms with Gasteiger partial charge >= 0.3 is 0 Å². The molecule has 7 nitrogen and oxygen atoms in total. The number of aryl methyl sites for hydroxylation is 1. The highest BCUT2D eigenvalue weighted by molar-refractivity contribution is 7.85. The van der Waals surface area contributed by atoms with Gasteiger partial charge in [0.25, 0.3) is 20.2 Å². The first-order valence-electron chi connectivity index (χ1n) is 8.61. The summed E-state index contributed by atoms with van der Waals surface area (Å²) in [6, 6.07) is 2.54. The fraction of sp³-hybridized carbons (Fsp3) is 0.647. The topological polar surface area (TPSA) is 129 Å². The van der Waals surface area contributed by atoms with E-state index in [9.17, 15) is 21.9 Å². The van der Waals surface area contributed by atoms with E-state index >= 15 is 0 Å². The summed E-state index contributed by atoms with van der Waals surface area (Å²) in [4.78, 5) is 0. The molecule has 3 N–H and O–H groups in total.